The predicted molar refractivity (Wildman–Crippen MR) is 99.3 cm³/mol. The largest absolute Gasteiger partial charge is 0.369 e. The van der Waals surface area contributed by atoms with Crippen molar-refractivity contribution < 1.29 is 0 Å². The van der Waals surface area contributed by atoms with E-state index in [4.69, 9.17) is 0 Å². The first-order valence-electron chi connectivity index (χ1n) is 8.50. The molecule has 0 aliphatic heterocycles. The second kappa shape index (κ2) is 6.55. The maximum absolute atomic E-state index is 4.58. The third-order valence-corrected chi connectivity index (χ3v) is 4.36. The summed E-state index contributed by atoms with van der Waals surface area (Å²) in [5.41, 5.74) is 1.77. The molecule has 0 unspecified atom stereocenters. The second-order valence-corrected chi connectivity index (χ2v) is 6.15. The Morgan fingerprint density at radius 2 is 1.85 bits per heavy atom. The van der Waals surface area contributed by atoms with Crippen molar-refractivity contribution >= 4 is 16.9 Å². The monoisotopic (exact) mass is 348 g/mol. The minimum absolute atomic E-state index is 0.701. The molecule has 0 spiro atoms. The molecule has 1 N–H and O–H groups in total. The summed E-state index contributed by atoms with van der Waals surface area (Å²) in [6, 6.07) is 9.97. The van der Waals surface area contributed by atoms with Gasteiger partial charge < -0.3 is 9.88 Å². The van der Waals surface area contributed by atoms with Crippen molar-refractivity contribution in [2.75, 3.05) is 11.9 Å². The zero-order valence-corrected chi connectivity index (χ0v) is 15.0. The van der Waals surface area contributed by atoms with E-state index in [2.05, 4.69) is 30.6 Å². The average Bonchev–Trinajstić information content (AvgIpc) is 3.21. The van der Waals surface area contributed by atoms with Crippen LogP contribution in [0.3, 0.4) is 0 Å². The molecule has 3 heterocycles. The van der Waals surface area contributed by atoms with Gasteiger partial charge >= 0.3 is 0 Å². The Morgan fingerprint density at radius 1 is 1.04 bits per heavy atom. The Bertz CT molecular complexity index is 1050. The number of hydrogen-bond donors (Lipinski definition) is 1. The van der Waals surface area contributed by atoms with Gasteiger partial charge in [-0.2, -0.15) is 5.10 Å². The van der Waals surface area contributed by atoms with Gasteiger partial charge in [0.15, 0.2) is 5.65 Å². The lowest BCUT2D eigenvalue weighted by Crippen LogP contribution is -2.11. The smallest absolute Gasteiger partial charge is 0.168 e. The van der Waals surface area contributed by atoms with E-state index in [0.29, 0.717) is 12.4 Å². The van der Waals surface area contributed by atoms with E-state index in [-0.39, 0.29) is 0 Å². The van der Waals surface area contributed by atoms with E-state index in [9.17, 15) is 0 Å². The fraction of sp³-hybridized carbons (Fsp3) is 0.278. The van der Waals surface area contributed by atoms with Gasteiger partial charge in [0.2, 0.25) is 0 Å². The molecule has 1 aromatic carbocycles. The number of nitrogens with one attached hydrogen (secondary N) is 1. The molecule has 0 saturated carbocycles. The summed E-state index contributed by atoms with van der Waals surface area (Å²) in [5.74, 6) is 3.34. The molecule has 0 atom stereocenters. The molecule has 3 aromatic heterocycles. The highest BCUT2D eigenvalue weighted by Crippen LogP contribution is 2.22. The number of aromatic nitrogens is 7. The lowest BCUT2D eigenvalue weighted by Gasteiger charge is -2.08. The number of aryl methyl sites for hydroxylation is 2. The minimum Gasteiger partial charge on any atom is -0.369 e. The summed E-state index contributed by atoms with van der Waals surface area (Å²) >= 11 is 0. The van der Waals surface area contributed by atoms with Crippen LogP contribution in [-0.2, 0) is 13.5 Å². The number of fused-ring (bicyclic) bond motifs is 1. The van der Waals surface area contributed by atoms with Gasteiger partial charge in [-0.25, -0.2) is 14.6 Å². The van der Waals surface area contributed by atoms with Crippen molar-refractivity contribution in [2.45, 2.75) is 20.3 Å². The number of hydrogen-bond acceptors (Lipinski definition) is 6. The van der Waals surface area contributed by atoms with Gasteiger partial charge in [0, 0.05) is 20.0 Å². The van der Waals surface area contributed by atoms with Crippen molar-refractivity contribution in [2.24, 2.45) is 7.05 Å². The van der Waals surface area contributed by atoms with Crippen LogP contribution in [0.25, 0.3) is 16.7 Å². The van der Waals surface area contributed by atoms with Gasteiger partial charge in [0.05, 0.1) is 17.3 Å². The predicted octanol–water partition coefficient (Wildman–Crippen LogP) is 2.22. The zero-order valence-electron chi connectivity index (χ0n) is 15.0. The van der Waals surface area contributed by atoms with Crippen LogP contribution in [0.5, 0.6) is 0 Å². The lowest BCUT2D eigenvalue weighted by molar-refractivity contribution is 0.770. The summed E-state index contributed by atoms with van der Waals surface area (Å²) in [4.78, 5) is 9.13. The Hall–Kier alpha value is -3.29. The van der Waals surface area contributed by atoms with Crippen LogP contribution < -0.4 is 5.32 Å². The first-order chi connectivity index (χ1) is 12.6. The Labute approximate surface area is 150 Å². The Kier molecular flexibility index (Phi) is 4.08. The maximum atomic E-state index is 4.58. The number of nitrogens with zero attached hydrogens (tertiary/aromatic N) is 7. The Morgan fingerprint density at radius 3 is 2.58 bits per heavy atom. The molecular formula is C18H20N8. The minimum atomic E-state index is 0.701. The van der Waals surface area contributed by atoms with Crippen LogP contribution in [0.4, 0.5) is 5.82 Å². The van der Waals surface area contributed by atoms with Crippen LogP contribution in [0.1, 0.15) is 17.5 Å². The maximum Gasteiger partial charge on any atom is 0.168 e. The molecule has 0 radical (unpaired) electrons. The van der Waals surface area contributed by atoms with E-state index < -0.39 is 0 Å². The molecule has 26 heavy (non-hydrogen) atoms. The number of para-hydroxylation sites is 1. The fourth-order valence-corrected chi connectivity index (χ4v) is 2.87. The molecule has 0 aliphatic carbocycles. The number of rotatable bonds is 5. The number of benzene rings is 1. The van der Waals surface area contributed by atoms with Crippen molar-refractivity contribution in [1.82, 2.24) is 34.5 Å². The summed E-state index contributed by atoms with van der Waals surface area (Å²) < 4.78 is 3.83. The molecule has 8 nitrogen and oxygen atoms in total. The summed E-state index contributed by atoms with van der Waals surface area (Å²) in [6.45, 7) is 4.53. The van der Waals surface area contributed by atoms with Gasteiger partial charge in [0.1, 0.15) is 23.3 Å². The van der Waals surface area contributed by atoms with Crippen LogP contribution >= 0.6 is 0 Å². The van der Waals surface area contributed by atoms with Crippen molar-refractivity contribution in [3.05, 3.63) is 54.0 Å². The molecule has 4 rings (SSSR count). The van der Waals surface area contributed by atoms with Gasteiger partial charge in [-0.15, -0.1) is 10.2 Å². The van der Waals surface area contributed by atoms with E-state index >= 15 is 0 Å². The first-order valence-corrected chi connectivity index (χ1v) is 8.50. The first kappa shape index (κ1) is 16.2. The SMILES string of the molecule is Cc1nc(NCCc2nnc(C)n2C)c2cnn(-c3ccccc3)c2n1. The fourth-order valence-electron chi connectivity index (χ4n) is 2.87. The second-order valence-electron chi connectivity index (χ2n) is 6.15. The zero-order chi connectivity index (χ0) is 18.1. The summed E-state index contributed by atoms with van der Waals surface area (Å²) in [5, 5.41) is 17.1. The third kappa shape index (κ3) is 2.90. The van der Waals surface area contributed by atoms with Crippen LogP contribution in [0.15, 0.2) is 36.5 Å². The normalized spacial score (nSPS) is 11.2. The van der Waals surface area contributed by atoms with Gasteiger partial charge in [-0.3, -0.25) is 0 Å². The topological polar surface area (TPSA) is 86.3 Å². The molecule has 4 aromatic rings. The van der Waals surface area contributed by atoms with Crippen LogP contribution in [-0.4, -0.2) is 41.1 Å². The van der Waals surface area contributed by atoms with Gasteiger partial charge in [-0.05, 0) is 26.0 Å². The molecule has 0 saturated heterocycles. The van der Waals surface area contributed by atoms with E-state index in [1.165, 1.54) is 0 Å². The highest BCUT2D eigenvalue weighted by atomic mass is 15.3. The molecule has 0 amide bonds. The molecule has 132 valence electrons. The quantitative estimate of drug-likeness (QED) is 0.595. The van der Waals surface area contributed by atoms with Crippen molar-refractivity contribution in [1.29, 1.82) is 0 Å². The average molecular weight is 348 g/mol. The standard InChI is InChI=1S/C18H20N8/c1-12-21-17(19-10-9-16-24-23-13(2)25(16)3)15-11-20-26(18(15)22-12)14-7-5-4-6-8-14/h4-8,11H,9-10H2,1-3H3,(H,19,21,22). The molecule has 0 bridgehead atoms. The van der Waals surface area contributed by atoms with Gasteiger partial charge in [0.25, 0.3) is 0 Å². The van der Waals surface area contributed by atoms with E-state index in [1.807, 2.05) is 60.5 Å². The molecule has 8 heteroatoms. The molecular weight excluding hydrogens is 328 g/mol. The molecule has 0 aliphatic rings. The van der Waals surface area contributed by atoms with Crippen molar-refractivity contribution in [3.63, 3.8) is 0 Å². The van der Waals surface area contributed by atoms with E-state index in [0.717, 1.165) is 40.6 Å². The molecule has 0 fully saturated rings. The lowest BCUT2D eigenvalue weighted by atomic mass is 10.3. The van der Waals surface area contributed by atoms with E-state index in [1.54, 1.807) is 6.20 Å². The van der Waals surface area contributed by atoms with Crippen molar-refractivity contribution in [3.8, 4) is 5.69 Å². The summed E-state index contributed by atoms with van der Waals surface area (Å²) in [7, 11) is 1.97. The number of anilines is 1. The summed E-state index contributed by atoms with van der Waals surface area (Å²) in [6.07, 6.45) is 2.56. The Balaban J connectivity index is 1.61. The highest BCUT2D eigenvalue weighted by molar-refractivity contribution is 5.87. The van der Waals surface area contributed by atoms with Crippen LogP contribution in [0.2, 0.25) is 0 Å². The van der Waals surface area contributed by atoms with Gasteiger partial charge in [-0.1, -0.05) is 18.2 Å². The third-order valence-electron chi connectivity index (χ3n) is 4.36. The van der Waals surface area contributed by atoms with Crippen LogP contribution in [0, 0.1) is 13.8 Å². The highest BCUT2D eigenvalue weighted by Gasteiger charge is 2.13.